The number of aromatic nitrogens is 2. The van der Waals surface area contributed by atoms with E-state index in [9.17, 15) is 0 Å². The monoisotopic (exact) mass is 442 g/mol. The van der Waals surface area contributed by atoms with Crippen molar-refractivity contribution in [1.29, 1.82) is 0 Å². The minimum absolute atomic E-state index is 0.375. The highest BCUT2D eigenvalue weighted by Gasteiger charge is 2.24. The number of piperazine rings is 1. The first kappa shape index (κ1) is 21.6. The molecule has 2 saturated heterocycles. The molecule has 3 heterocycles. The number of anilines is 2. The van der Waals surface area contributed by atoms with E-state index in [4.69, 9.17) is 11.6 Å². The number of aliphatic imine (C=N–C) groups is 1. The van der Waals surface area contributed by atoms with Gasteiger partial charge in [-0.15, -0.1) is 0 Å². The van der Waals surface area contributed by atoms with Crippen molar-refractivity contribution in [3.05, 3.63) is 47.7 Å². The number of nitrogens with one attached hydrogen (secondary N) is 2. The summed E-state index contributed by atoms with van der Waals surface area (Å²) in [4.78, 5) is 20.2. The number of halogens is 1. The van der Waals surface area contributed by atoms with Gasteiger partial charge in [-0.25, -0.2) is 9.97 Å². The van der Waals surface area contributed by atoms with E-state index in [0.717, 1.165) is 75.7 Å². The van der Waals surface area contributed by atoms with Gasteiger partial charge < -0.3 is 20.4 Å². The van der Waals surface area contributed by atoms with Crippen LogP contribution in [-0.2, 0) is 0 Å². The molecule has 2 aromatic rings. The van der Waals surface area contributed by atoms with Crippen molar-refractivity contribution < 1.29 is 0 Å². The minimum atomic E-state index is 0.375. The van der Waals surface area contributed by atoms with Crippen LogP contribution in [0.25, 0.3) is 0 Å². The van der Waals surface area contributed by atoms with Crippen LogP contribution in [0.3, 0.4) is 0 Å². The Morgan fingerprint density at radius 3 is 2.65 bits per heavy atom. The molecule has 1 aromatic heterocycles. The van der Waals surface area contributed by atoms with E-state index in [1.165, 1.54) is 5.69 Å². The van der Waals surface area contributed by atoms with Gasteiger partial charge in [0.25, 0.3) is 0 Å². The van der Waals surface area contributed by atoms with Gasteiger partial charge >= 0.3 is 0 Å². The van der Waals surface area contributed by atoms with Crippen molar-refractivity contribution in [3.8, 4) is 0 Å². The van der Waals surface area contributed by atoms with E-state index in [2.05, 4.69) is 46.4 Å². The molecule has 1 aromatic carbocycles. The number of benzene rings is 1. The van der Waals surface area contributed by atoms with Crippen molar-refractivity contribution in [2.75, 3.05) is 69.2 Å². The third-order valence-electron chi connectivity index (χ3n) is 5.85. The van der Waals surface area contributed by atoms with Crippen molar-refractivity contribution >= 4 is 29.2 Å². The molecule has 0 spiro atoms. The van der Waals surface area contributed by atoms with E-state index >= 15 is 0 Å². The van der Waals surface area contributed by atoms with Gasteiger partial charge in [-0.3, -0.25) is 9.89 Å². The molecule has 2 fully saturated rings. The number of hydrogen-bond donors (Lipinski definition) is 2. The van der Waals surface area contributed by atoms with Crippen molar-refractivity contribution in [1.82, 2.24) is 25.5 Å². The molecule has 166 valence electrons. The zero-order chi connectivity index (χ0) is 21.5. The van der Waals surface area contributed by atoms with E-state index < -0.39 is 0 Å². The number of guanidine groups is 1. The molecule has 0 amide bonds. The largest absolute Gasteiger partial charge is 0.369 e. The molecule has 2 aliphatic rings. The van der Waals surface area contributed by atoms with Gasteiger partial charge in [0.15, 0.2) is 5.96 Å². The number of rotatable bonds is 6. The van der Waals surface area contributed by atoms with Gasteiger partial charge in [0.05, 0.1) is 0 Å². The second kappa shape index (κ2) is 10.6. The van der Waals surface area contributed by atoms with Gasteiger partial charge in [-0.05, 0) is 30.7 Å². The van der Waals surface area contributed by atoms with Gasteiger partial charge in [-0.2, -0.15) is 0 Å². The number of nitrogens with zero attached hydrogens (tertiary/aromatic N) is 6. The summed E-state index contributed by atoms with van der Waals surface area (Å²) in [6, 6.07) is 10.3. The SMILES string of the molecule is CN=C(NCCN1CCN(c2ncccn2)CC1)NC1CCN(c2cccc(Cl)c2)C1. The summed E-state index contributed by atoms with van der Waals surface area (Å²) in [6.45, 7) is 7.77. The maximum absolute atomic E-state index is 6.14. The maximum atomic E-state index is 6.14. The fourth-order valence-electron chi connectivity index (χ4n) is 4.13. The van der Waals surface area contributed by atoms with Crippen molar-refractivity contribution in [2.24, 2.45) is 4.99 Å². The lowest BCUT2D eigenvalue weighted by Gasteiger charge is -2.34. The lowest BCUT2D eigenvalue weighted by atomic mass is 10.2. The first-order valence-electron chi connectivity index (χ1n) is 10.9. The zero-order valence-electron chi connectivity index (χ0n) is 18.0. The molecule has 0 aliphatic carbocycles. The van der Waals surface area contributed by atoms with Crippen LogP contribution in [0.2, 0.25) is 5.02 Å². The van der Waals surface area contributed by atoms with Gasteiger partial charge in [-0.1, -0.05) is 17.7 Å². The van der Waals surface area contributed by atoms with E-state index in [1.807, 2.05) is 31.3 Å². The molecular formula is C22H31ClN8. The highest BCUT2D eigenvalue weighted by molar-refractivity contribution is 6.30. The molecule has 0 bridgehead atoms. The second-order valence-electron chi connectivity index (χ2n) is 7.93. The Morgan fingerprint density at radius 1 is 1.10 bits per heavy atom. The van der Waals surface area contributed by atoms with Crippen molar-refractivity contribution in [2.45, 2.75) is 12.5 Å². The number of hydrogen-bond acceptors (Lipinski definition) is 6. The van der Waals surface area contributed by atoms with Crippen LogP contribution in [0, 0.1) is 0 Å². The lowest BCUT2D eigenvalue weighted by molar-refractivity contribution is 0.260. The third kappa shape index (κ3) is 5.98. The smallest absolute Gasteiger partial charge is 0.225 e. The van der Waals surface area contributed by atoms with Crippen LogP contribution in [0.15, 0.2) is 47.7 Å². The van der Waals surface area contributed by atoms with E-state index in [0.29, 0.717) is 6.04 Å². The molecule has 9 heteroatoms. The summed E-state index contributed by atoms with van der Waals surface area (Å²) in [7, 11) is 1.83. The van der Waals surface area contributed by atoms with Gasteiger partial charge in [0, 0.05) is 88.6 Å². The molecule has 2 aliphatic heterocycles. The first-order chi connectivity index (χ1) is 15.2. The fourth-order valence-corrected chi connectivity index (χ4v) is 4.32. The average molecular weight is 443 g/mol. The summed E-state index contributed by atoms with van der Waals surface area (Å²) < 4.78 is 0. The Morgan fingerprint density at radius 2 is 1.90 bits per heavy atom. The van der Waals surface area contributed by atoms with Crippen LogP contribution in [0.1, 0.15) is 6.42 Å². The second-order valence-corrected chi connectivity index (χ2v) is 8.37. The zero-order valence-corrected chi connectivity index (χ0v) is 18.8. The average Bonchev–Trinajstić information content (AvgIpc) is 3.28. The molecule has 0 saturated carbocycles. The standard InChI is InChI=1S/C22H31ClN8/c1-24-21(28-19-6-10-31(17-19)20-5-2-4-18(23)16-20)25-9-11-29-12-14-30(15-13-29)22-26-7-3-8-27-22/h2-5,7-8,16,19H,6,9-15,17H2,1H3,(H2,24,25,28). The Hall–Kier alpha value is -2.58. The van der Waals surface area contributed by atoms with E-state index in [-0.39, 0.29) is 0 Å². The normalized spacial score (nSPS) is 20.2. The molecule has 0 radical (unpaired) electrons. The minimum Gasteiger partial charge on any atom is -0.369 e. The predicted molar refractivity (Wildman–Crippen MR) is 127 cm³/mol. The predicted octanol–water partition coefficient (Wildman–Crippen LogP) is 1.70. The third-order valence-corrected chi connectivity index (χ3v) is 6.09. The summed E-state index contributed by atoms with van der Waals surface area (Å²) in [5.74, 6) is 1.70. The first-order valence-corrected chi connectivity index (χ1v) is 11.3. The summed E-state index contributed by atoms with van der Waals surface area (Å²) in [5.41, 5.74) is 1.18. The summed E-state index contributed by atoms with van der Waals surface area (Å²) in [5, 5.41) is 7.82. The Balaban J connectivity index is 1.16. The molecule has 8 nitrogen and oxygen atoms in total. The van der Waals surface area contributed by atoms with Crippen molar-refractivity contribution in [3.63, 3.8) is 0 Å². The van der Waals surface area contributed by atoms with Crippen LogP contribution in [0.4, 0.5) is 11.6 Å². The van der Waals surface area contributed by atoms with Crippen LogP contribution in [0.5, 0.6) is 0 Å². The summed E-state index contributed by atoms with van der Waals surface area (Å²) in [6.07, 6.45) is 4.68. The molecule has 4 rings (SSSR count). The Labute approximate surface area is 189 Å². The lowest BCUT2D eigenvalue weighted by Crippen LogP contribution is -2.50. The maximum Gasteiger partial charge on any atom is 0.225 e. The van der Waals surface area contributed by atoms with Gasteiger partial charge in [0.1, 0.15) is 0 Å². The fraction of sp³-hybridized carbons (Fsp3) is 0.500. The van der Waals surface area contributed by atoms with Crippen LogP contribution < -0.4 is 20.4 Å². The molecule has 1 unspecified atom stereocenters. The topological polar surface area (TPSA) is 71.9 Å². The quantitative estimate of drug-likeness (QED) is 0.521. The molecular weight excluding hydrogens is 412 g/mol. The molecule has 2 N–H and O–H groups in total. The van der Waals surface area contributed by atoms with Crippen LogP contribution in [-0.4, -0.2) is 86.3 Å². The highest BCUT2D eigenvalue weighted by atomic mass is 35.5. The molecule has 1 atom stereocenters. The van der Waals surface area contributed by atoms with Crippen LogP contribution >= 0.6 is 11.6 Å². The highest BCUT2D eigenvalue weighted by Crippen LogP contribution is 2.23. The van der Waals surface area contributed by atoms with E-state index in [1.54, 1.807) is 12.4 Å². The Bertz CT molecular complexity index is 854. The summed E-state index contributed by atoms with van der Waals surface area (Å²) >= 11 is 6.14. The Kier molecular flexibility index (Phi) is 7.43. The van der Waals surface area contributed by atoms with Gasteiger partial charge in [0.2, 0.25) is 5.95 Å². The molecule has 31 heavy (non-hydrogen) atoms.